The molecule has 0 unspecified atom stereocenters. The van der Waals surface area contributed by atoms with Gasteiger partial charge in [0.25, 0.3) is 5.91 Å². The first kappa shape index (κ1) is 20.8. The van der Waals surface area contributed by atoms with Crippen LogP contribution < -0.4 is 14.8 Å². The van der Waals surface area contributed by atoms with E-state index < -0.39 is 0 Å². The van der Waals surface area contributed by atoms with Crippen LogP contribution in [0, 0.1) is 6.92 Å². The molecule has 1 fully saturated rings. The molecule has 7 heteroatoms. The summed E-state index contributed by atoms with van der Waals surface area (Å²) in [5, 5.41) is 2.92. The maximum atomic E-state index is 12.8. The molecule has 0 bridgehead atoms. The first-order valence-corrected chi connectivity index (χ1v) is 9.90. The lowest BCUT2D eigenvalue weighted by molar-refractivity contribution is -0.130. The van der Waals surface area contributed by atoms with Crippen molar-refractivity contribution in [1.82, 2.24) is 10.2 Å². The summed E-state index contributed by atoms with van der Waals surface area (Å²) in [6.45, 7) is 5.26. The number of hydrogen-bond donors (Lipinski definition) is 1. The van der Waals surface area contributed by atoms with Crippen molar-refractivity contribution in [2.24, 2.45) is 0 Å². The maximum Gasteiger partial charge on any atom is 0.255 e. The van der Waals surface area contributed by atoms with Gasteiger partial charge in [0.2, 0.25) is 5.91 Å². The van der Waals surface area contributed by atoms with Crippen LogP contribution in [0.15, 0.2) is 34.7 Å². The zero-order valence-electron chi connectivity index (χ0n) is 17.2. The van der Waals surface area contributed by atoms with Crippen LogP contribution in [-0.4, -0.2) is 49.6 Å². The van der Waals surface area contributed by atoms with Crippen LogP contribution >= 0.6 is 0 Å². The minimum absolute atomic E-state index is 0.0309. The van der Waals surface area contributed by atoms with E-state index in [1.807, 2.05) is 24.0 Å². The van der Waals surface area contributed by atoms with E-state index in [9.17, 15) is 9.59 Å². The van der Waals surface area contributed by atoms with Crippen LogP contribution in [0.5, 0.6) is 11.5 Å². The lowest BCUT2D eigenvalue weighted by Gasteiger charge is -2.31. The van der Waals surface area contributed by atoms with Crippen molar-refractivity contribution in [2.75, 3.05) is 26.7 Å². The minimum Gasteiger partial charge on any atom is -0.497 e. The smallest absolute Gasteiger partial charge is 0.255 e. The highest BCUT2D eigenvalue weighted by Crippen LogP contribution is 2.27. The van der Waals surface area contributed by atoms with Crippen LogP contribution in [0.3, 0.4) is 0 Å². The van der Waals surface area contributed by atoms with E-state index in [1.54, 1.807) is 32.2 Å². The quantitative estimate of drug-likeness (QED) is 0.773. The summed E-state index contributed by atoms with van der Waals surface area (Å²) in [6.07, 6.45) is 2.06. The van der Waals surface area contributed by atoms with Crippen molar-refractivity contribution in [3.8, 4) is 11.5 Å². The first-order valence-electron chi connectivity index (χ1n) is 9.90. The Morgan fingerprint density at radius 1 is 1.21 bits per heavy atom. The zero-order valence-corrected chi connectivity index (χ0v) is 17.2. The van der Waals surface area contributed by atoms with Gasteiger partial charge in [-0.2, -0.15) is 0 Å². The number of rotatable bonds is 7. The normalized spacial score (nSPS) is 14.5. The molecule has 0 aliphatic carbocycles. The third-order valence-corrected chi connectivity index (χ3v) is 5.07. The molecule has 2 aromatic rings. The fourth-order valence-electron chi connectivity index (χ4n) is 3.40. The molecule has 1 N–H and O–H groups in total. The maximum absolute atomic E-state index is 12.8. The molecule has 1 aromatic heterocycles. The third kappa shape index (κ3) is 5.53. The highest BCUT2D eigenvalue weighted by molar-refractivity contribution is 5.97. The molecule has 0 radical (unpaired) electrons. The summed E-state index contributed by atoms with van der Waals surface area (Å²) in [4.78, 5) is 26.1. The molecule has 2 amide bonds. The Balaban J connectivity index is 1.63. The fourth-order valence-corrected chi connectivity index (χ4v) is 3.40. The predicted octanol–water partition coefficient (Wildman–Crippen LogP) is 2.96. The van der Waals surface area contributed by atoms with E-state index in [2.05, 4.69) is 5.32 Å². The van der Waals surface area contributed by atoms with E-state index in [-0.39, 0.29) is 17.9 Å². The molecule has 0 spiro atoms. The van der Waals surface area contributed by atoms with Gasteiger partial charge in [-0.05, 0) is 37.3 Å². The molecule has 156 valence electrons. The van der Waals surface area contributed by atoms with Gasteiger partial charge in [0.05, 0.1) is 12.7 Å². The molecule has 1 saturated heterocycles. The molecule has 1 aliphatic rings. The minimum atomic E-state index is -0.219. The summed E-state index contributed by atoms with van der Waals surface area (Å²) >= 11 is 0. The Morgan fingerprint density at radius 3 is 2.59 bits per heavy atom. The molecular formula is C22H28N2O5. The fraction of sp³-hybridized carbons (Fsp3) is 0.455. The number of ether oxygens (including phenoxy) is 2. The molecule has 1 aliphatic heterocycles. The number of nitrogens with one attached hydrogen (secondary N) is 1. The Hall–Kier alpha value is -2.96. The van der Waals surface area contributed by atoms with E-state index >= 15 is 0 Å². The number of benzene rings is 1. The largest absolute Gasteiger partial charge is 0.497 e. The third-order valence-electron chi connectivity index (χ3n) is 5.07. The molecule has 29 heavy (non-hydrogen) atoms. The Bertz CT molecular complexity index is 853. The lowest BCUT2D eigenvalue weighted by Crippen LogP contribution is -2.40. The first-order chi connectivity index (χ1) is 14.0. The highest BCUT2D eigenvalue weighted by atomic mass is 16.5. The molecule has 0 atom stereocenters. The second-order valence-electron chi connectivity index (χ2n) is 7.20. The van der Waals surface area contributed by atoms with Crippen molar-refractivity contribution >= 4 is 11.8 Å². The number of likely N-dealkylation sites (tertiary alicyclic amines) is 1. The number of hydrogen-bond acceptors (Lipinski definition) is 5. The molecule has 2 heterocycles. The lowest BCUT2D eigenvalue weighted by atomic mass is 10.1. The number of piperidine rings is 1. The second kappa shape index (κ2) is 9.49. The zero-order chi connectivity index (χ0) is 20.8. The van der Waals surface area contributed by atoms with Crippen LogP contribution in [0.25, 0.3) is 0 Å². The number of carbonyl (C=O) groups excluding carboxylic acids is 2. The Kier molecular flexibility index (Phi) is 6.80. The molecule has 1 aromatic carbocycles. The van der Waals surface area contributed by atoms with Gasteiger partial charge in [-0.15, -0.1) is 0 Å². The van der Waals surface area contributed by atoms with Crippen LogP contribution in [0.4, 0.5) is 0 Å². The van der Waals surface area contributed by atoms with Crippen molar-refractivity contribution in [1.29, 1.82) is 0 Å². The van der Waals surface area contributed by atoms with Crippen LogP contribution in [0.1, 0.15) is 41.6 Å². The highest BCUT2D eigenvalue weighted by Gasteiger charge is 2.24. The summed E-state index contributed by atoms with van der Waals surface area (Å²) in [6, 6.07) is 9.05. The average Bonchev–Trinajstić information content (AvgIpc) is 3.13. The standard InChI is InChI=1S/C22H28N2O5/c1-15-4-5-17(28-15)8-11-23-22(26)20-14-19(27-3)6-7-21(20)29-18-9-12-24(13-10-18)16(2)25/h4-7,14,18H,8-13H2,1-3H3,(H,23,26). The average molecular weight is 400 g/mol. The van der Waals surface area contributed by atoms with E-state index in [0.717, 1.165) is 24.4 Å². The molecular weight excluding hydrogens is 372 g/mol. The van der Waals surface area contributed by atoms with Gasteiger partial charge >= 0.3 is 0 Å². The molecule has 0 saturated carbocycles. The van der Waals surface area contributed by atoms with Gasteiger partial charge in [0.15, 0.2) is 0 Å². The van der Waals surface area contributed by atoms with E-state index in [1.165, 1.54) is 0 Å². The Morgan fingerprint density at radius 2 is 1.97 bits per heavy atom. The molecule has 3 rings (SSSR count). The number of nitrogens with zero attached hydrogens (tertiary/aromatic N) is 1. The van der Waals surface area contributed by atoms with Gasteiger partial charge in [-0.3, -0.25) is 9.59 Å². The monoisotopic (exact) mass is 400 g/mol. The number of aryl methyl sites for hydroxylation is 1. The van der Waals surface area contributed by atoms with Crippen molar-refractivity contribution in [3.05, 3.63) is 47.4 Å². The second-order valence-corrected chi connectivity index (χ2v) is 7.20. The summed E-state index contributed by atoms with van der Waals surface area (Å²) < 4.78 is 16.9. The predicted molar refractivity (Wildman–Crippen MR) is 108 cm³/mol. The Labute approximate surface area is 171 Å². The summed E-state index contributed by atoms with van der Waals surface area (Å²) in [7, 11) is 1.56. The topological polar surface area (TPSA) is 81.0 Å². The number of methoxy groups -OCH3 is 1. The summed E-state index contributed by atoms with van der Waals surface area (Å²) in [5.41, 5.74) is 0.439. The number of furan rings is 1. The van der Waals surface area contributed by atoms with Crippen LogP contribution in [0.2, 0.25) is 0 Å². The van der Waals surface area contributed by atoms with Gasteiger partial charge in [-0.25, -0.2) is 0 Å². The van der Waals surface area contributed by atoms with Crippen molar-refractivity contribution in [2.45, 2.75) is 39.2 Å². The summed E-state index contributed by atoms with van der Waals surface area (Å²) in [5.74, 6) is 2.67. The number of carbonyl (C=O) groups is 2. The van der Waals surface area contributed by atoms with Gasteiger partial charge in [0.1, 0.15) is 29.1 Å². The SMILES string of the molecule is COc1ccc(OC2CCN(C(C)=O)CC2)c(C(=O)NCCc2ccc(C)o2)c1. The van der Waals surface area contributed by atoms with Gasteiger partial charge in [-0.1, -0.05) is 0 Å². The van der Waals surface area contributed by atoms with Gasteiger partial charge < -0.3 is 24.1 Å². The van der Waals surface area contributed by atoms with Gasteiger partial charge in [0, 0.05) is 45.8 Å². The van der Waals surface area contributed by atoms with Crippen molar-refractivity contribution < 1.29 is 23.5 Å². The van der Waals surface area contributed by atoms with Crippen molar-refractivity contribution in [3.63, 3.8) is 0 Å². The molecule has 7 nitrogen and oxygen atoms in total. The number of amides is 2. The van der Waals surface area contributed by atoms with E-state index in [4.69, 9.17) is 13.9 Å². The van der Waals surface area contributed by atoms with E-state index in [0.29, 0.717) is 43.1 Å². The van der Waals surface area contributed by atoms with Crippen LogP contribution in [-0.2, 0) is 11.2 Å².